The van der Waals surface area contributed by atoms with Crippen LogP contribution in [0, 0.1) is 0 Å². The predicted octanol–water partition coefficient (Wildman–Crippen LogP) is 3.94. The monoisotopic (exact) mass is 378 g/mol. The number of carbonyl (C=O) groups is 1. The molecule has 136 valence electrons. The molecule has 1 fully saturated rings. The highest BCUT2D eigenvalue weighted by Gasteiger charge is 2.62. The van der Waals surface area contributed by atoms with Crippen LogP contribution in [0.3, 0.4) is 0 Å². The lowest BCUT2D eigenvalue weighted by Crippen LogP contribution is -2.70. The molecule has 1 aliphatic rings. The molecule has 0 N–H and O–H groups in total. The van der Waals surface area contributed by atoms with Crippen LogP contribution in [0.1, 0.15) is 12.8 Å². The van der Waals surface area contributed by atoms with Crippen molar-refractivity contribution in [2.24, 2.45) is 0 Å². The summed E-state index contributed by atoms with van der Waals surface area (Å²) in [6.45, 7) is 19.2. The summed E-state index contributed by atoms with van der Waals surface area (Å²) in [5, 5.41) is 0. The molecule has 1 unspecified atom stereocenters. The lowest BCUT2D eigenvalue weighted by Gasteiger charge is -2.54. The van der Waals surface area contributed by atoms with Gasteiger partial charge in [0.15, 0.2) is 31.2 Å². The van der Waals surface area contributed by atoms with Crippen molar-refractivity contribution in [1.29, 1.82) is 0 Å². The van der Waals surface area contributed by atoms with Crippen molar-refractivity contribution in [3.05, 3.63) is 0 Å². The molecular formula is C15H34O5Si3. The summed E-state index contributed by atoms with van der Waals surface area (Å²) in [4.78, 5) is 12.2. The topological polar surface area (TPSA) is 54.0 Å². The number of aldehydes is 1. The quantitative estimate of drug-likeness (QED) is 0.381. The van der Waals surface area contributed by atoms with Crippen LogP contribution in [-0.2, 0) is 22.8 Å². The molecule has 23 heavy (non-hydrogen) atoms. The van der Waals surface area contributed by atoms with Gasteiger partial charge in [0.2, 0.25) is 5.79 Å². The number of ether oxygens (including phenoxy) is 1. The summed E-state index contributed by atoms with van der Waals surface area (Å²) in [7, 11) is -6.07. The minimum atomic E-state index is -2.06. The third-order valence-electron chi connectivity index (χ3n) is 3.05. The first-order valence-electron chi connectivity index (χ1n) is 8.35. The first-order valence-corrected chi connectivity index (χ1v) is 18.6. The van der Waals surface area contributed by atoms with Crippen molar-refractivity contribution in [3.8, 4) is 0 Å². The van der Waals surface area contributed by atoms with Gasteiger partial charge in [0, 0.05) is 6.42 Å². The molecule has 0 amide bonds. The van der Waals surface area contributed by atoms with Crippen LogP contribution < -0.4 is 0 Å². The van der Waals surface area contributed by atoms with Crippen molar-refractivity contribution >= 4 is 31.2 Å². The van der Waals surface area contributed by atoms with Gasteiger partial charge in [-0.15, -0.1) is 0 Å². The Balaban J connectivity index is 3.42. The van der Waals surface area contributed by atoms with E-state index < -0.39 is 36.5 Å². The molecular weight excluding hydrogens is 344 g/mol. The van der Waals surface area contributed by atoms with E-state index in [0.29, 0.717) is 13.0 Å². The lowest BCUT2D eigenvalue weighted by molar-refractivity contribution is -0.342. The van der Waals surface area contributed by atoms with Crippen LogP contribution >= 0.6 is 0 Å². The molecule has 1 rings (SSSR count). The maximum absolute atomic E-state index is 12.2. The van der Waals surface area contributed by atoms with E-state index in [2.05, 4.69) is 39.3 Å². The first-order chi connectivity index (χ1) is 10.1. The van der Waals surface area contributed by atoms with E-state index in [0.717, 1.165) is 12.7 Å². The fourth-order valence-electron chi connectivity index (χ4n) is 2.78. The van der Waals surface area contributed by atoms with Gasteiger partial charge in [-0.25, -0.2) is 0 Å². The van der Waals surface area contributed by atoms with Gasteiger partial charge in [-0.1, -0.05) is 0 Å². The Kier molecular flexibility index (Phi) is 6.28. The summed E-state index contributed by atoms with van der Waals surface area (Å²) in [5.74, 6) is -2.60. The smallest absolute Gasteiger partial charge is 0.270 e. The maximum atomic E-state index is 12.2. The SMILES string of the molecule is C[Si](C)(C)OC1(C=O)OCCCC1(O[Si](C)(C)C)O[Si](C)(C)C. The van der Waals surface area contributed by atoms with E-state index >= 15 is 0 Å². The van der Waals surface area contributed by atoms with E-state index in [9.17, 15) is 4.79 Å². The zero-order valence-electron chi connectivity index (χ0n) is 16.2. The molecule has 0 saturated carbocycles. The zero-order chi connectivity index (χ0) is 18.2. The van der Waals surface area contributed by atoms with E-state index in [1.807, 2.05) is 19.6 Å². The Hall–Kier alpha value is 0.161. The van der Waals surface area contributed by atoms with Crippen molar-refractivity contribution in [3.63, 3.8) is 0 Å². The van der Waals surface area contributed by atoms with Crippen molar-refractivity contribution in [2.45, 2.75) is 83.3 Å². The summed E-state index contributed by atoms with van der Waals surface area (Å²) < 4.78 is 25.2. The maximum Gasteiger partial charge on any atom is 0.270 e. The number of hydrogen-bond donors (Lipinski definition) is 0. The molecule has 8 heteroatoms. The van der Waals surface area contributed by atoms with Crippen LogP contribution in [0.4, 0.5) is 0 Å². The Bertz CT molecular complexity index is 406. The highest BCUT2D eigenvalue weighted by Crippen LogP contribution is 2.44. The molecule has 5 nitrogen and oxygen atoms in total. The van der Waals surface area contributed by atoms with Gasteiger partial charge < -0.3 is 18.0 Å². The number of rotatable bonds is 7. The van der Waals surface area contributed by atoms with Gasteiger partial charge >= 0.3 is 0 Å². The van der Waals surface area contributed by atoms with Crippen molar-refractivity contribution < 1.29 is 22.8 Å². The van der Waals surface area contributed by atoms with Crippen LogP contribution in [-0.4, -0.2) is 49.4 Å². The fraction of sp³-hybridized carbons (Fsp3) is 0.933. The standard InChI is InChI=1S/C15H34O5Si3/c1-21(2,3)18-14(19-22(4,5)6)11-10-12-17-15(14,13-16)20-23(7,8)9/h13H,10-12H2,1-9H3. The van der Waals surface area contributed by atoms with E-state index in [-0.39, 0.29) is 0 Å². The van der Waals surface area contributed by atoms with Gasteiger partial charge in [-0.2, -0.15) is 0 Å². The molecule has 0 spiro atoms. The van der Waals surface area contributed by atoms with Crippen LogP contribution in [0.2, 0.25) is 58.9 Å². The molecule has 0 aromatic carbocycles. The van der Waals surface area contributed by atoms with Crippen molar-refractivity contribution in [1.82, 2.24) is 0 Å². The molecule has 0 aliphatic carbocycles. The largest absolute Gasteiger partial charge is 0.387 e. The normalized spacial score (nSPS) is 26.1. The molecule has 1 atom stereocenters. The lowest BCUT2D eigenvalue weighted by atomic mass is 9.99. The van der Waals surface area contributed by atoms with Crippen LogP contribution in [0.5, 0.6) is 0 Å². The second-order valence-electron chi connectivity index (χ2n) is 9.13. The van der Waals surface area contributed by atoms with Gasteiger partial charge in [0.1, 0.15) is 0 Å². The van der Waals surface area contributed by atoms with Crippen LogP contribution in [0.25, 0.3) is 0 Å². The third-order valence-corrected chi connectivity index (χ3v) is 5.85. The van der Waals surface area contributed by atoms with E-state index in [1.54, 1.807) is 0 Å². The summed E-state index contributed by atoms with van der Waals surface area (Å²) in [6, 6.07) is 0. The van der Waals surface area contributed by atoms with Crippen molar-refractivity contribution in [2.75, 3.05) is 6.61 Å². The van der Waals surface area contributed by atoms with E-state index in [4.69, 9.17) is 18.0 Å². The molecule has 1 heterocycles. The molecule has 0 aromatic rings. The van der Waals surface area contributed by atoms with Gasteiger partial charge in [0.05, 0.1) is 6.61 Å². The second-order valence-corrected chi connectivity index (χ2v) is 22.4. The highest BCUT2D eigenvalue weighted by atomic mass is 28.4. The highest BCUT2D eigenvalue weighted by molar-refractivity contribution is 6.71. The van der Waals surface area contributed by atoms with Crippen LogP contribution in [0.15, 0.2) is 0 Å². The molecule has 1 aliphatic heterocycles. The Morgan fingerprint density at radius 2 is 1.26 bits per heavy atom. The molecule has 0 radical (unpaired) electrons. The Morgan fingerprint density at radius 3 is 1.61 bits per heavy atom. The molecule has 0 aromatic heterocycles. The Morgan fingerprint density at radius 1 is 0.826 bits per heavy atom. The third kappa shape index (κ3) is 5.87. The summed E-state index contributed by atoms with van der Waals surface area (Å²) in [5.41, 5.74) is 0. The number of carbonyl (C=O) groups excluding carboxylic acids is 1. The summed E-state index contributed by atoms with van der Waals surface area (Å²) >= 11 is 0. The first kappa shape index (κ1) is 21.2. The minimum Gasteiger partial charge on any atom is -0.387 e. The molecule has 0 bridgehead atoms. The van der Waals surface area contributed by atoms with Gasteiger partial charge in [0.25, 0.3) is 5.79 Å². The zero-order valence-corrected chi connectivity index (χ0v) is 19.2. The fourth-order valence-corrected chi connectivity index (χ4v) is 6.58. The number of hydrogen-bond acceptors (Lipinski definition) is 5. The van der Waals surface area contributed by atoms with E-state index in [1.165, 1.54) is 0 Å². The predicted molar refractivity (Wildman–Crippen MR) is 100 cm³/mol. The average molecular weight is 379 g/mol. The molecule has 1 saturated heterocycles. The minimum absolute atomic E-state index is 0.481. The van der Waals surface area contributed by atoms with Gasteiger partial charge in [-0.05, 0) is 65.3 Å². The Labute approximate surface area is 144 Å². The average Bonchev–Trinajstić information content (AvgIpc) is 2.26. The summed E-state index contributed by atoms with van der Waals surface area (Å²) in [6.07, 6.45) is 2.18. The van der Waals surface area contributed by atoms with Gasteiger partial charge in [-0.3, -0.25) is 4.79 Å². The second kappa shape index (κ2) is 6.81.